The Hall–Kier alpha value is -1.45. The molecule has 2 aromatic rings. The van der Waals surface area contributed by atoms with Gasteiger partial charge in [0.2, 0.25) is 5.13 Å². The molecule has 0 aliphatic heterocycles. The molecule has 0 aromatic carbocycles. The molecule has 0 radical (unpaired) electrons. The molecule has 0 spiro atoms. The normalized spacial score (nSPS) is 12.0. The quantitative estimate of drug-likeness (QED) is 0.716. The Bertz CT molecular complexity index is 690. The van der Waals surface area contributed by atoms with Crippen LogP contribution in [0.15, 0.2) is 17.2 Å². The first-order chi connectivity index (χ1) is 9.90. The Morgan fingerprint density at radius 3 is 2.81 bits per heavy atom. The summed E-state index contributed by atoms with van der Waals surface area (Å²) in [6.45, 7) is 4.73. The van der Waals surface area contributed by atoms with Crippen LogP contribution in [0.2, 0.25) is 0 Å². The second-order valence-electron chi connectivity index (χ2n) is 5.10. The highest BCUT2D eigenvalue weighted by Crippen LogP contribution is 2.22. The van der Waals surface area contributed by atoms with E-state index in [0.717, 1.165) is 17.1 Å². The van der Waals surface area contributed by atoms with Crippen molar-refractivity contribution in [1.29, 1.82) is 0 Å². The van der Waals surface area contributed by atoms with E-state index in [1.165, 1.54) is 17.5 Å². The molecule has 7 nitrogen and oxygen atoms in total. The highest BCUT2D eigenvalue weighted by atomic mass is 32.2. The van der Waals surface area contributed by atoms with Gasteiger partial charge in [0.1, 0.15) is 9.90 Å². The third-order valence-electron chi connectivity index (χ3n) is 2.67. The molecule has 2 heterocycles. The van der Waals surface area contributed by atoms with Gasteiger partial charge in [-0.3, -0.25) is 4.72 Å². The van der Waals surface area contributed by atoms with E-state index in [2.05, 4.69) is 39.1 Å². The van der Waals surface area contributed by atoms with Crippen molar-refractivity contribution >= 4 is 26.5 Å². The molecule has 0 atom stereocenters. The molecule has 21 heavy (non-hydrogen) atoms. The van der Waals surface area contributed by atoms with Gasteiger partial charge in [-0.1, -0.05) is 25.2 Å². The number of aromatic nitrogens is 3. The summed E-state index contributed by atoms with van der Waals surface area (Å²) in [4.78, 5) is 3.10. The Balaban J connectivity index is 2.11. The highest BCUT2D eigenvalue weighted by Gasteiger charge is 2.18. The van der Waals surface area contributed by atoms with Crippen molar-refractivity contribution in [2.45, 2.75) is 31.7 Å². The van der Waals surface area contributed by atoms with Crippen LogP contribution in [0.5, 0.6) is 0 Å². The predicted octanol–water partition coefficient (Wildman–Crippen LogP) is 1.58. The van der Waals surface area contributed by atoms with Crippen molar-refractivity contribution in [2.24, 2.45) is 5.92 Å². The Labute approximate surface area is 128 Å². The SMILES string of the molecule is CNCc1cc(S(=O)(=O)Nc2nnc(CC(C)C)s2)c[nH]1. The van der Waals surface area contributed by atoms with Gasteiger partial charge in [0, 0.05) is 24.9 Å². The van der Waals surface area contributed by atoms with Gasteiger partial charge in [-0.15, -0.1) is 10.2 Å². The number of H-pyrrole nitrogens is 1. The van der Waals surface area contributed by atoms with Crippen molar-refractivity contribution in [3.05, 3.63) is 23.0 Å². The maximum absolute atomic E-state index is 12.2. The van der Waals surface area contributed by atoms with Gasteiger partial charge in [0.05, 0.1) is 0 Å². The fourth-order valence-electron chi connectivity index (χ4n) is 1.77. The zero-order valence-corrected chi connectivity index (χ0v) is 13.8. The van der Waals surface area contributed by atoms with Crippen LogP contribution in [0.1, 0.15) is 24.5 Å². The van der Waals surface area contributed by atoms with E-state index in [9.17, 15) is 8.42 Å². The van der Waals surface area contributed by atoms with Gasteiger partial charge in [-0.2, -0.15) is 0 Å². The molecular formula is C12H19N5O2S2. The molecule has 0 bridgehead atoms. The van der Waals surface area contributed by atoms with Crippen LogP contribution in [0.25, 0.3) is 0 Å². The van der Waals surface area contributed by atoms with Crippen LogP contribution in [0.4, 0.5) is 5.13 Å². The summed E-state index contributed by atoms with van der Waals surface area (Å²) in [5, 5.41) is 11.9. The topological polar surface area (TPSA) is 99.8 Å². The summed E-state index contributed by atoms with van der Waals surface area (Å²) in [5.41, 5.74) is 0.802. The lowest BCUT2D eigenvalue weighted by Gasteiger charge is -2.01. The van der Waals surface area contributed by atoms with Crippen LogP contribution < -0.4 is 10.0 Å². The highest BCUT2D eigenvalue weighted by molar-refractivity contribution is 7.93. The smallest absolute Gasteiger partial charge is 0.265 e. The van der Waals surface area contributed by atoms with E-state index in [-0.39, 0.29) is 4.90 Å². The van der Waals surface area contributed by atoms with E-state index < -0.39 is 10.0 Å². The lowest BCUT2D eigenvalue weighted by atomic mass is 10.1. The largest absolute Gasteiger partial charge is 0.363 e. The zero-order valence-electron chi connectivity index (χ0n) is 12.2. The van der Waals surface area contributed by atoms with Gasteiger partial charge < -0.3 is 10.3 Å². The van der Waals surface area contributed by atoms with E-state index in [1.54, 1.807) is 13.1 Å². The van der Waals surface area contributed by atoms with Crippen LogP contribution in [0, 0.1) is 5.92 Å². The fraction of sp³-hybridized carbons (Fsp3) is 0.500. The molecule has 0 unspecified atom stereocenters. The number of aromatic amines is 1. The van der Waals surface area contributed by atoms with Crippen molar-refractivity contribution in [3.63, 3.8) is 0 Å². The van der Waals surface area contributed by atoms with Crippen LogP contribution >= 0.6 is 11.3 Å². The third-order valence-corrected chi connectivity index (χ3v) is 4.97. The molecule has 9 heteroatoms. The van der Waals surface area contributed by atoms with Crippen molar-refractivity contribution in [3.8, 4) is 0 Å². The number of nitrogens with one attached hydrogen (secondary N) is 3. The lowest BCUT2D eigenvalue weighted by Crippen LogP contribution is -2.12. The number of hydrogen-bond donors (Lipinski definition) is 3. The average molecular weight is 329 g/mol. The second kappa shape index (κ2) is 6.54. The molecule has 0 fully saturated rings. The van der Waals surface area contributed by atoms with Crippen LogP contribution in [0.3, 0.4) is 0 Å². The standard InChI is InChI=1S/C12H19N5O2S2/c1-8(2)4-11-15-16-12(20-11)17-21(18,19)10-5-9(6-13-3)14-7-10/h5,7-8,13-14H,4,6H2,1-3H3,(H,16,17). The van der Waals surface area contributed by atoms with Crippen LogP contribution in [-0.4, -0.2) is 30.6 Å². The minimum absolute atomic E-state index is 0.188. The van der Waals surface area contributed by atoms with E-state index in [4.69, 9.17) is 0 Å². The predicted molar refractivity (Wildman–Crippen MR) is 82.8 cm³/mol. The first kappa shape index (κ1) is 15.9. The second-order valence-corrected chi connectivity index (χ2v) is 7.84. The Morgan fingerprint density at radius 2 is 2.14 bits per heavy atom. The van der Waals surface area contributed by atoms with Gasteiger partial charge in [-0.05, 0) is 19.0 Å². The maximum Gasteiger partial charge on any atom is 0.265 e. The summed E-state index contributed by atoms with van der Waals surface area (Å²) in [6.07, 6.45) is 2.25. The molecule has 0 saturated carbocycles. The summed E-state index contributed by atoms with van der Waals surface area (Å²) in [6, 6.07) is 1.59. The third kappa shape index (κ3) is 4.26. The lowest BCUT2D eigenvalue weighted by molar-refractivity contribution is 0.601. The van der Waals surface area contributed by atoms with Gasteiger partial charge >= 0.3 is 0 Å². The molecule has 3 N–H and O–H groups in total. The molecule has 116 valence electrons. The number of hydrogen-bond acceptors (Lipinski definition) is 6. The summed E-state index contributed by atoms with van der Waals surface area (Å²) in [5.74, 6) is 0.455. The molecule has 0 aliphatic rings. The zero-order chi connectivity index (χ0) is 15.5. The molecule has 0 saturated heterocycles. The monoisotopic (exact) mass is 329 g/mol. The van der Waals surface area contributed by atoms with Gasteiger partial charge in [0.25, 0.3) is 10.0 Å². The molecule has 2 aromatic heterocycles. The average Bonchev–Trinajstić information content (AvgIpc) is 2.98. The van der Waals surface area contributed by atoms with Crippen molar-refractivity contribution in [1.82, 2.24) is 20.5 Å². The maximum atomic E-state index is 12.2. The molecular weight excluding hydrogens is 310 g/mol. The van der Waals surface area contributed by atoms with E-state index >= 15 is 0 Å². The van der Waals surface area contributed by atoms with Crippen molar-refractivity contribution in [2.75, 3.05) is 11.8 Å². The van der Waals surface area contributed by atoms with Crippen LogP contribution in [-0.2, 0) is 23.0 Å². The molecule has 2 rings (SSSR count). The first-order valence-corrected chi connectivity index (χ1v) is 8.88. The summed E-state index contributed by atoms with van der Waals surface area (Å²) in [7, 11) is -1.83. The number of rotatable bonds is 7. The summed E-state index contributed by atoms with van der Waals surface area (Å²) < 4.78 is 26.9. The minimum atomic E-state index is -3.63. The van der Waals surface area contributed by atoms with E-state index in [1.807, 2.05) is 0 Å². The van der Waals surface area contributed by atoms with E-state index in [0.29, 0.717) is 17.6 Å². The molecule has 0 aliphatic carbocycles. The first-order valence-electron chi connectivity index (χ1n) is 6.58. The summed E-state index contributed by atoms with van der Waals surface area (Å²) >= 11 is 1.26. The van der Waals surface area contributed by atoms with Gasteiger partial charge in [-0.25, -0.2) is 8.42 Å². The number of sulfonamides is 1. The Morgan fingerprint density at radius 1 is 1.38 bits per heavy atom. The molecule has 0 amide bonds. The number of nitrogens with zero attached hydrogens (tertiary/aromatic N) is 2. The Kier molecular flexibility index (Phi) is 4.96. The van der Waals surface area contributed by atoms with Crippen molar-refractivity contribution < 1.29 is 8.42 Å². The number of anilines is 1. The fourth-order valence-corrected chi connectivity index (χ4v) is 3.97. The minimum Gasteiger partial charge on any atom is -0.363 e. The van der Waals surface area contributed by atoms with Gasteiger partial charge in [0.15, 0.2) is 0 Å².